The van der Waals surface area contributed by atoms with Crippen LogP contribution in [0.25, 0.3) is 0 Å². The van der Waals surface area contributed by atoms with Gasteiger partial charge in [-0.05, 0) is 56.5 Å². The molecule has 0 spiro atoms. The van der Waals surface area contributed by atoms with Crippen LogP contribution in [0, 0.1) is 12.8 Å². The van der Waals surface area contributed by atoms with Gasteiger partial charge in [0.05, 0.1) is 0 Å². The Morgan fingerprint density at radius 1 is 1.33 bits per heavy atom. The largest absolute Gasteiger partial charge is 0.384 e. The smallest absolute Gasteiger partial charge is 0.0455 e. The van der Waals surface area contributed by atoms with Crippen LogP contribution >= 0.6 is 11.6 Å². The molecule has 3 heteroatoms. The van der Waals surface area contributed by atoms with Crippen molar-refractivity contribution < 1.29 is 0 Å². The van der Waals surface area contributed by atoms with Gasteiger partial charge in [-0.1, -0.05) is 24.6 Å². The predicted octanol–water partition coefficient (Wildman–Crippen LogP) is 3.79. The molecule has 0 bridgehead atoms. The van der Waals surface area contributed by atoms with Crippen LogP contribution in [-0.4, -0.2) is 31.1 Å². The molecule has 1 saturated heterocycles. The molecule has 1 aliphatic rings. The number of benzene rings is 1. The minimum atomic E-state index is 0.840. The fourth-order valence-electron chi connectivity index (χ4n) is 2.43. The van der Waals surface area contributed by atoms with Gasteiger partial charge in [0.2, 0.25) is 0 Å². The maximum Gasteiger partial charge on any atom is 0.0455 e. The Labute approximate surface area is 115 Å². The number of hydrogen-bond acceptors (Lipinski definition) is 2. The normalized spacial score (nSPS) is 17.9. The molecular formula is C15H23ClN2. The lowest BCUT2D eigenvalue weighted by Crippen LogP contribution is -2.36. The maximum absolute atomic E-state index is 6.11. The highest BCUT2D eigenvalue weighted by molar-refractivity contribution is 6.31. The monoisotopic (exact) mass is 266 g/mol. The number of hydrogen-bond donors (Lipinski definition) is 1. The number of rotatable bonds is 4. The molecule has 0 amide bonds. The average Bonchev–Trinajstić information content (AvgIpc) is 2.37. The van der Waals surface area contributed by atoms with E-state index in [1.807, 2.05) is 12.1 Å². The van der Waals surface area contributed by atoms with Crippen molar-refractivity contribution in [2.45, 2.75) is 26.7 Å². The van der Waals surface area contributed by atoms with Gasteiger partial charge in [0.15, 0.2) is 0 Å². The molecule has 18 heavy (non-hydrogen) atoms. The number of nitrogens with one attached hydrogen (secondary N) is 1. The van der Waals surface area contributed by atoms with Crippen molar-refractivity contribution in [3.8, 4) is 0 Å². The van der Waals surface area contributed by atoms with Crippen LogP contribution in [0.3, 0.4) is 0 Å². The van der Waals surface area contributed by atoms with E-state index in [0.29, 0.717) is 0 Å². The van der Waals surface area contributed by atoms with E-state index in [2.05, 4.69) is 30.1 Å². The highest BCUT2D eigenvalue weighted by Gasteiger charge is 2.14. The predicted molar refractivity (Wildman–Crippen MR) is 79.5 cm³/mol. The zero-order valence-electron chi connectivity index (χ0n) is 11.4. The molecule has 2 rings (SSSR count). The fourth-order valence-corrected chi connectivity index (χ4v) is 2.61. The summed E-state index contributed by atoms with van der Waals surface area (Å²) in [6, 6.07) is 6.04. The maximum atomic E-state index is 6.11. The summed E-state index contributed by atoms with van der Waals surface area (Å²) in [6.45, 7) is 9.03. The zero-order chi connectivity index (χ0) is 13.0. The van der Waals surface area contributed by atoms with Crippen molar-refractivity contribution >= 4 is 17.3 Å². The van der Waals surface area contributed by atoms with Gasteiger partial charge in [-0.3, -0.25) is 0 Å². The molecule has 0 aliphatic carbocycles. The number of halogens is 1. The highest BCUT2D eigenvalue weighted by Crippen LogP contribution is 2.22. The van der Waals surface area contributed by atoms with E-state index >= 15 is 0 Å². The zero-order valence-corrected chi connectivity index (χ0v) is 12.1. The second-order valence-corrected chi connectivity index (χ2v) is 5.77. The first kappa shape index (κ1) is 13.7. The van der Waals surface area contributed by atoms with Gasteiger partial charge in [0.25, 0.3) is 0 Å². The standard InChI is InChI=1S/C15H23ClN2/c1-12-6-9-18(10-7-12)11-8-17-15-5-3-4-14(16)13(15)2/h3-5,12,17H,6-11H2,1-2H3. The van der Waals surface area contributed by atoms with Crippen molar-refractivity contribution in [1.82, 2.24) is 4.90 Å². The van der Waals surface area contributed by atoms with Gasteiger partial charge in [-0.2, -0.15) is 0 Å². The first-order valence-corrected chi connectivity index (χ1v) is 7.26. The molecule has 0 radical (unpaired) electrons. The molecule has 100 valence electrons. The number of nitrogens with zero attached hydrogens (tertiary/aromatic N) is 1. The van der Waals surface area contributed by atoms with E-state index < -0.39 is 0 Å². The topological polar surface area (TPSA) is 15.3 Å². The molecule has 0 saturated carbocycles. The second kappa shape index (κ2) is 6.44. The van der Waals surface area contributed by atoms with Crippen LogP contribution in [0.15, 0.2) is 18.2 Å². The van der Waals surface area contributed by atoms with Gasteiger partial charge >= 0.3 is 0 Å². The molecule has 0 atom stereocenters. The molecule has 2 nitrogen and oxygen atoms in total. The Hall–Kier alpha value is -0.730. The molecule has 0 unspecified atom stereocenters. The Balaban J connectivity index is 1.77. The Bertz CT molecular complexity index is 384. The first-order chi connectivity index (χ1) is 8.66. The summed E-state index contributed by atoms with van der Waals surface area (Å²) < 4.78 is 0. The molecule has 0 aromatic heterocycles. The molecule has 1 aromatic carbocycles. The van der Waals surface area contributed by atoms with Crippen molar-refractivity contribution in [2.75, 3.05) is 31.5 Å². The SMILES string of the molecule is Cc1c(Cl)cccc1NCCN1CCC(C)CC1. The lowest BCUT2D eigenvalue weighted by atomic mass is 9.99. The van der Waals surface area contributed by atoms with Gasteiger partial charge in [-0.15, -0.1) is 0 Å². The van der Waals surface area contributed by atoms with Gasteiger partial charge in [0, 0.05) is 23.8 Å². The summed E-state index contributed by atoms with van der Waals surface area (Å²) in [5.41, 5.74) is 2.30. The average molecular weight is 267 g/mol. The molecule has 1 heterocycles. The lowest BCUT2D eigenvalue weighted by Gasteiger charge is -2.30. The van der Waals surface area contributed by atoms with E-state index in [1.165, 1.54) is 25.9 Å². The van der Waals surface area contributed by atoms with E-state index in [1.54, 1.807) is 0 Å². The van der Waals surface area contributed by atoms with Crippen LogP contribution in [0.4, 0.5) is 5.69 Å². The van der Waals surface area contributed by atoms with Crippen molar-refractivity contribution in [1.29, 1.82) is 0 Å². The van der Waals surface area contributed by atoms with Crippen LogP contribution in [0.2, 0.25) is 5.02 Å². The number of likely N-dealkylation sites (tertiary alicyclic amines) is 1. The molecule has 1 aromatic rings. The van der Waals surface area contributed by atoms with Gasteiger partial charge in [0.1, 0.15) is 0 Å². The summed E-state index contributed by atoms with van der Waals surface area (Å²) in [5.74, 6) is 0.907. The van der Waals surface area contributed by atoms with Crippen LogP contribution in [0.1, 0.15) is 25.3 Å². The van der Waals surface area contributed by atoms with E-state index in [-0.39, 0.29) is 0 Å². The highest BCUT2D eigenvalue weighted by atomic mass is 35.5. The summed E-state index contributed by atoms with van der Waals surface area (Å²) in [6.07, 6.45) is 2.69. The third-order valence-corrected chi connectivity index (χ3v) is 4.30. The minimum absolute atomic E-state index is 0.840. The van der Waals surface area contributed by atoms with Gasteiger partial charge < -0.3 is 10.2 Å². The first-order valence-electron chi connectivity index (χ1n) is 6.88. The van der Waals surface area contributed by atoms with Crippen molar-refractivity contribution in [3.05, 3.63) is 28.8 Å². The van der Waals surface area contributed by atoms with Crippen LogP contribution in [-0.2, 0) is 0 Å². The van der Waals surface area contributed by atoms with E-state index in [0.717, 1.165) is 35.3 Å². The summed E-state index contributed by atoms with van der Waals surface area (Å²) in [5, 5.41) is 4.33. The Morgan fingerprint density at radius 3 is 2.78 bits per heavy atom. The Morgan fingerprint density at radius 2 is 2.06 bits per heavy atom. The third-order valence-electron chi connectivity index (χ3n) is 3.89. The van der Waals surface area contributed by atoms with E-state index in [4.69, 9.17) is 11.6 Å². The molecule has 1 aliphatic heterocycles. The summed E-state index contributed by atoms with van der Waals surface area (Å²) in [7, 11) is 0. The third kappa shape index (κ3) is 3.63. The quantitative estimate of drug-likeness (QED) is 0.892. The second-order valence-electron chi connectivity index (χ2n) is 5.36. The minimum Gasteiger partial charge on any atom is -0.384 e. The van der Waals surface area contributed by atoms with Gasteiger partial charge in [-0.25, -0.2) is 0 Å². The van der Waals surface area contributed by atoms with Crippen LogP contribution in [0.5, 0.6) is 0 Å². The lowest BCUT2D eigenvalue weighted by molar-refractivity contribution is 0.199. The van der Waals surface area contributed by atoms with Crippen molar-refractivity contribution in [2.24, 2.45) is 5.92 Å². The summed E-state index contributed by atoms with van der Waals surface area (Å²) >= 11 is 6.11. The number of anilines is 1. The molecule has 1 fully saturated rings. The molecular weight excluding hydrogens is 244 g/mol. The number of piperidine rings is 1. The van der Waals surface area contributed by atoms with Crippen LogP contribution < -0.4 is 5.32 Å². The Kier molecular flexibility index (Phi) is 4.90. The fraction of sp³-hybridized carbons (Fsp3) is 0.600. The molecule has 1 N–H and O–H groups in total. The van der Waals surface area contributed by atoms with Crippen molar-refractivity contribution in [3.63, 3.8) is 0 Å². The summed E-state index contributed by atoms with van der Waals surface area (Å²) in [4.78, 5) is 2.55. The van der Waals surface area contributed by atoms with E-state index in [9.17, 15) is 0 Å².